The van der Waals surface area contributed by atoms with Crippen LogP contribution in [0.15, 0.2) is 58.5 Å². The van der Waals surface area contributed by atoms with Crippen molar-refractivity contribution < 1.29 is 9.18 Å². The van der Waals surface area contributed by atoms with Crippen molar-refractivity contribution in [1.29, 1.82) is 0 Å². The first-order valence-electron chi connectivity index (χ1n) is 10.6. The number of thioether (sulfide) groups is 1. The smallest absolute Gasteiger partial charge is 0.262 e. The van der Waals surface area contributed by atoms with Gasteiger partial charge in [-0.1, -0.05) is 49.4 Å². The largest absolute Gasteiger partial charge is 0.355 e. The lowest BCUT2D eigenvalue weighted by Crippen LogP contribution is -2.27. The summed E-state index contributed by atoms with van der Waals surface area (Å²) in [5, 5.41) is 12.6. The molecule has 4 rings (SSSR count). The van der Waals surface area contributed by atoms with Crippen LogP contribution in [-0.2, 0) is 17.8 Å². The van der Waals surface area contributed by atoms with Gasteiger partial charge in [-0.05, 0) is 42.7 Å². The highest BCUT2D eigenvalue weighted by Gasteiger charge is 2.17. The number of hydrogen-bond acceptors (Lipinski definition) is 5. The summed E-state index contributed by atoms with van der Waals surface area (Å²) in [6.07, 6.45) is 2.44. The number of nitrogens with zero attached hydrogens (tertiary/aromatic N) is 4. The Hall–Kier alpha value is -3.20. The zero-order valence-electron chi connectivity index (χ0n) is 17.8. The Balaban J connectivity index is 1.49. The summed E-state index contributed by atoms with van der Waals surface area (Å²) in [7, 11) is 0. The van der Waals surface area contributed by atoms with Crippen LogP contribution in [0.5, 0.6) is 0 Å². The summed E-state index contributed by atoms with van der Waals surface area (Å²) in [6.45, 7) is 3.10. The third kappa shape index (κ3) is 4.67. The molecule has 32 heavy (non-hydrogen) atoms. The lowest BCUT2D eigenvalue weighted by molar-refractivity contribution is -0.118. The van der Waals surface area contributed by atoms with Gasteiger partial charge in [0.15, 0.2) is 5.16 Å². The first-order valence-corrected chi connectivity index (χ1v) is 11.6. The maximum absolute atomic E-state index is 13.0. The number of carbonyl (C=O) groups excluding carboxylic acids is 1. The van der Waals surface area contributed by atoms with Crippen molar-refractivity contribution in [3.05, 3.63) is 70.3 Å². The molecule has 0 unspecified atom stereocenters. The van der Waals surface area contributed by atoms with E-state index in [1.165, 1.54) is 23.9 Å². The van der Waals surface area contributed by atoms with Crippen LogP contribution in [0.4, 0.5) is 4.39 Å². The maximum atomic E-state index is 13.0. The normalized spacial score (nSPS) is 11.3. The Bertz CT molecular complexity index is 1300. The second-order valence-corrected chi connectivity index (χ2v) is 8.40. The maximum Gasteiger partial charge on any atom is 0.262 e. The fourth-order valence-corrected chi connectivity index (χ4v) is 4.29. The molecule has 9 heteroatoms. The molecular formula is C23H24FN5O2S. The van der Waals surface area contributed by atoms with Crippen molar-refractivity contribution in [1.82, 2.24) is 24.5 Å². The van der Waals surface area contributed by atoms with Crippen LogP contribution >= 0.6 is 11.8 Å². The highest BCUT2D eigenvalue weighted by Crippen LogP contribution is 2.21. The molecule has 0 bridgehead atoms. The number of benzene rings is 2. The van der Waals surface area contributed by atoms with E-state index in [9.17, 15) is 14.0 Å². The average molecular weight is 454 g/mol. The van der Waals surface area contributed by atoms with Gasteiger partial charge in [0.25, 0.3) is 5.56 Å². The van der Waals surface area contributed by atoms with E-state index >= 15 is 0 Å². The van der Waals surface area contributed by atoms with Gasteiger partial charge in [0.2, 0.25) is 11.7 Å². The first kappa shape index (κ1) is 22.0. The van der Waals surface area contributed by atoms with Crippen LogP contribution < -0.4 is 10.9 Å². The standard InChI is InChI=1S/C23H24FN5O2S/c1-2-3-14-28-21(31)18-6-4-5-7-19(18)29-22(28)26-27-23(29)32-15-20(30)25-13-12-16-8-10-17(24)11-9-16/h4-11H,2-3,12-15H2,1H3,(H,25,30). The van der Waals surface area contributed by atoms with Crippen LogP contribution in [0.2, 0.25) is 0 Å². The Labute approximate surface area is 188 Å². The number of unbranched alkanes of at least 4 members (excludes halogenated alkanes) is 1. The third-order valence-corrected chi connectivity index (χ3v) is 6.12. The molecule has 0 aliphatic rings. The van der Waals surface area contributed by atoms with Gasteiger partial charge in [0.05, 0.1) is 16.7 Å². The van der Waals surface area contributed by atoms with Crippen molar-refractivity contribution in [3.8, 4) is 0 Å². The van der Waals surface area contributed by atoms with E-state index in [1.807, 2.05) is 22.6 Å². The number of amides is 1. The molecule has 2 aromatic heterocycles. The number of carbonyl (C=O) groups is 1. The molecule has 0 aliphatic carbocycles. The van der Waals surface area contributed by atoms with Crippen molar-refractivity contribution in [2.24, 2.45) is 0 Å². The van der Waals surface area contributed by atoms with Gasteiger partial charge in [-0.3, -0.25) is 18.6 Å². The van der Waals surface area contributed by atoms with Crippen LogP contribution in [0.3, 0.4) is 0 Å². The van der Waals surface area contributed by atoms with E-state index in [1.54, 1.807) is 22.8 Å². The predicted octanol–water partition coefficient (Wildman–Crippen LogP) is 3.43. The minimum atomic E-state index is -0.276. The monoisotopic (exact) mass is 453 g/mol. The average Bonchev–Trinajstić information content (AvgIpc) is 3.23. The van der Waals surface area contributed by atoms with Crippen LogP contribution in [0.1, 0.15) is 25.3 Å². The summed E-state index contributed by atoms with van der Waals surface area (Å²) in [5.74, 6) is 0.258. The topological polar surface area (TPSA) is 81.3 Å². The molecule has 2 aromatic carbocycles. The number of rotatable bonds is 9. The number of hydrogen-bond donors (Lipinski definition) is 1. The molecule has 1 amide bonds. The second-order valence-electron chi connectivity index (χ2n) is 7.46. The van der Waals surface area contributed by atoms with Crippen LogP contribution in [0, 0.1) is 5.82 Å². The molecule has 0 aliphatic heterocycles. The van der Waals surface area contributed by atoms with Gasteiger partial charge in [0.1, 0.15) is 5.82 Å². The van der Waals surface area contributed by atoms with Crippen molar-refractivity contribution in [2.45, 2.75) is 37.9 Å². The molecule has 0 atom stereocenters. The van der Waals surface area contributed by atoms with Crippen molar-refractivity contribution in [2.75, 3.05) is 12.3 Å². The van der Waals surface area contributed by atoms with Crippen molar-refractivity contribution >= 4 is 34.3 Å². The predicted molar refractivity (Wildman–Crippen MR) is 123 cm³/mol. The fourth-order valence-electron chi connectivity index (χ4n) is 3.52. The molecule has 0 radical (unpaired) electrons. The highest BCUT2D eigenvalue weighted by molar-refractivity contribution is 7.99. The third-order valence-electron chi connectivity index (χ3n) is 5.19. The Kier molecular flexibility index (Phi) is 6.84. The van der Waals surface area contributed by atoms with Gasteiger partial charge >= 0.3 is 0 Å². The molecule has 0 saturated carbocycles. The molecule has 2 heterocycles. The van der Waals surface area contributed by atoms with Gasteiger partial charge in [0, 0.05) is 13.1 Å². The van der Waals surface area contributed by atoms with Gasteiger partial charge in [-0.15, -0.1) is 10.2 Å². The van der Waals surface area contributed by atoms with Crippen molar-refractivity contribution in [3.63, 3.8) is 0 Å². The number of aromatic nitrogens is 4. The second kappa shape index (κ2) is 9.95. The number of para-hydroxylation sites is 1. The summed E-state index contributed by atoms with van der Waals surface area (Å²) < 4.78 is 16.5. The molecule has 0 spiro atoms. The van der Waals surface area contributed by atoms with E-state index in [0.717, 1.165) is 23.9 Å². The van der Waals surface area contributed by atoms with Gasteiger partial charge in [-0.25, -0.2) is 4.39 Å². The van der Waals surface area contributed by atoms with Gasteiger partial charge < -0.3 is 5.32 Å². The van der Waals surface area contributed by atoms with E-state index in [2.05, 4.69) is 22.4 Å². The summed E-state index contributed by atoms with van der Waals surface area (Å²) >= 11 is 1.28. The van der Waals surface area contributed by atoms with E-state index in [4.69, 9.17) is 0 Å². The Morgan fingerprint density at radius 2 is 1.91 bits per heavy atom. The number of fused-ring (bicyclic) bond motifs is 3. The first-order chi connectivity index (χ1) is 15.6. The van der Waals surface area contributed by atoms with Crippen LogP contribution in [-0.4, -0.2) is 37.4 Å². The quantitative estimate of drug-likeness (QED) is 0.393. The molecule has 1 N–H and O–H groups in total. The molecule has 7 nitrogen and oxygen atoms in total. The highest BCUT2D eigenvalue weighted by atomic mass is 32.2. The molecule has 166 valence electrons. The number of aryl methyl sites for hydroxylation is 1. The minimum absolute atomic E-state index is 0.0796. The van der Waals surface area contributed by atoms with Gasteiger partial charge in [-0.2, -0.15) is 0 Å². The molecule has 0 fully saturated rings. The van der Waals surface area contributed by atoms with E-state index < -0.39 is 0 Å². The fraction of sp³-hybridized carbons (Fsp3) is 0.304. The van der Waals surface area contributed by atoms with E-state index in [0.29, 0.717) is 35.8 Å². The summed E-state index contributed by atoms with van der Waals surface area (Å²) in [6, 6.07) is 13.6. The number of nitrogens with one attached hydrogen (secondary N) is 1. The Morgan fingerprint density at radius 1 is 1.12 bits per heavy atom. The molecule has 0 saturated heterocycles. The number of halogens is 1. The lowest BCUT2D eigenvalue weighted by atomic mass is 10.1. The Morgan fingerprint density at radius 3 is 2.69 bits per heavy atom. The SMILES string of the molecule is CCCCn1c(=O)c2ccccc2n2c(SCC(=O)NCCc3ccc(F)cc3)nnc12. The summed E-state index contributed by atoms with van der Waals surface area (Å²) in [5.41, 5.74) is 1.60. The minimum Gasteiger partial charge on any atom is -0.355 e. The van der Waals surface area contributed by atoms with E-state index in [-0.39, 0.29) is 23.0 Å². The lowest BCUT2D eigenvalue weighted by Gasteiger charge is -2.11. The zero-order valence-corrected chi connectivity index (χ0v) is 18.6. The molecular weight excluding hydrogens is 429 g/mol. The molecule has 4 aromatic rings. The van der Waals surface area contributed by atoms with Crippen LogP contribution in [0.25, 0.3) is 16.7 Å². The summed E-state index contributed by atoms with van der Waals surface area (Å²) in [4.78, 5) is 25.3. The zero-order chi connectivity index (χ0) is 22.5.